The number of carbonyl (C=O) groups excluding carboxylic acids is 1. The molecule has 2 heterocycles. The second kappa shape index (κ2) is 7.90. The SMILES string of the molecule is CC(=O)N1CCN(c2ccc3c(c2)ncn3-c2ccc(OCCO)cc2)CC1. The van der Waals surface area contributed by atoms with Gasteiger partial charge in [0.25, 0.3) is 0 Å². The number of anilines is 1. The highest BCUT2D eigenvalue weighted by molar-refractivity contribution is 5.81. The fraction of sp³-hybridized carbons (Fsp3) is 0.333. The molecule has 1 aliphatic rings. The van der Waals surface area contributed by atoms with Crippen molar-refractivity contribution in [2.75, 3.05) is 44.3 Å². The molecule has 0 bridgehead atoms. The number of amides is 1. The molecule has 0 aliphatic carbocycles. The lowest BCUT2D eigenvalue weighted by atomic mass is 10.2. The van der Waals surface area contributed by atoms with Crippen molar-refractivity contribution < 1.29 is 14.6 Å². The van der Waals surface area contributed by atoms with Crippen molar-refractivity contribution >= 4 is 22.6 Å². The summed E-state index contributed by atoms with van der Waals surface area (Å²) in [5.74, 6) is 0.871. The van der Waals surface area contributed by atoms with Crippen LogP contribution < -0.4 is 9.64 Å². The zero-order valence-electron chi connectivity index (χ0n) is 15.9. The van der Waals surface area contributed by atoms with Crippen LogP contribution in [-0.2, 0) is 4.79 Å². The van der Waals surface area contributed by atoms with Gasteiger partial charge in [-0.15, -0.1) is 0 Å². The number of ether oxygens (including phenoxy) is 1. The first-order valence-corrected chi connectivity index (χ1v) is 9.47. The Labute approximate surface area is 163 Å². The first-order chi connectivity index (χ1) is 13.7. The predicted octanol–water partition coefficient (Wildman–Crippen LogP) is 2.07. The van der Waals surface area contributed by atoms with Gasteiger partial charge in [0.15, 0.2) is 0 Å². The van der Waals surface area contributed by atoms with Crippen LogP contribution in [0.25, 0.3) is 16.7 Å². The molecule has 1 amide bonds. The normalized spacial score (nSPS) is 14.5. The average Bonchev–Trinajstić information content (AvgIpc) is 3.16. The summed E-state index contributed by atoms with van der Waals surface area (Å²) < 4.78 is 7.46. The summed E-state index contributed by atoms with van der Waals surface area (Å²) in [6.07, 6.45) is 1.83. The highest BCUT2D eigenvalue weighted by atomic mass is 16.5. The Bertz CT molecular complexity index is 959. The number of hydrogen-bond acceptors (Lipinski definition) is 5. The summed E-state index contributed by atoms with van der Waals surface area (Å²) in [5.41, 5.74) is 4.11. The van der Waals surface area contributed by atoms with Gasteiger partial charge in [0.05, 0.1) is 17.6 Å². The number of rotatable bonds is 5. The standard InChI is InChI=1S/C21H24N4O3/c1-16(27)23-8-10-24(11-9-23)18-4-7-21-20(14-18)22-15-25(21)17-2-5-19(6-3-17)28-13-12-26/h2-7,14-15,26H,8-13H2,1H3. The van der Waals surface area contributed by atoms with E-state index in [0.29, 0.717) is 0 Å². The monoisotopic (exact) mass is 380 g/mol. The third-order valence-corrected chi connectivity index (χ3v) is 5.10. The zero-order valence-corrected chi connectivity index (χ0v) is 15.9. The number of hydrogen-bond donors (Lipinski definition) is 1. The van der Waals surface area contributed by atoms with Crippen molar-refractivity contribution in [3.63, 3.8) is 0 Å². The minimum Gasteiger partial charge on any atom is -0.491 e. The van der Waals surface area contributed by atoms with Crippen LogP contribution in [0.5, 0.6) is 5.75 Å². The second-order valence-electron chi connectivity index (χ2n) is 6.85. The molecule has 146 valence electrons. The molecule has 7 nitrogen and oxygen atoms in total. The van der Waals surface area contributed by atoms with E-state index in [1.807, 2.05) is 40.1 Å². The Hall–Kier alpha value is -3.06. The maximum Gasteiger partial charge on any atom is 0.219 e. The number of benzene rings is 2. The number of aliphatic hydroxyl groups excluding tert-OH is 1. The molecule has 4 rings (SSSR count). The minimum absolute atomic E-state index is 0.0000436. The maximum atomic E-state index is 11.5. The van der Waals surface area contributed by atoms with E-state index in [2.05, 4.69) is 28.1 Å². The van der Waals surface area contributed by atoms with E-state index >= 15 is 0 Å². The lowest BCUT2D eigenvalue weighted by Gasteiger charge is -2.35. The van der Waals surface area contributed by atoms with Crippen LogP contribution in [0, 0.1) is 0 Å². The van der Waals surface area contributed by atoms with Crippen molar-refractivity contribution in [2.24, 2.45) is 0 Å². The number of imidazole rings is 1. The molecule has 0 saturated carbocycles. The van der Waals surface area contributed by atoms with Gasteiger partial charge in [-0.05, 0) is 42.5 Å². The molecule has 1 aromatic heterocycles. The van der Waals surface area contributed by atoms with Crippen LogP contribution in [0.1, 0.15) is 6.92 Å². The van der Waals surface area contributed by atoms with Gasteiger partial charge >= 0.3 is 0 Å². The Morgan fingerprint density at radius 3 is 2.46 bits per heavy atom. The number of nitrogens with zero attached hydrogens (tertiary/aromatic N) is 4. The van der Waals surface area contributed by atoms with Gasteiger partial charge in [0.1, 0.15) is 18.7 Å². The third-order valence-electron chi connectivity index (χ3n) is 5.10. The van der Waals surface area contributed by atoms with Gasteiger partial charge in [-0.2, -0.15) is 0 Å². The Morgan fingerprint density at radius 1 is 1.07 bits per heavy atom. The summed E-state index contributed by atoms with van der Waals surface area (Å²) in [6.45, 7) is 5.09. The van der Waals surface area contributed by atoms with E-state index in [1.165, 1.54) is 0 Å². The average molecular weight is 380 g/mol. The molecular formula is C21H24N4O3. The summed E-state index contributed by atoms with van der Waals surface area (Å²) >= 11 is 0. The van der Waals surface area contributed by atoms with E-state index in [0.717, 1.165) is 54.3 Å². The summed E-state index contributed by atoms with van der Waals surface area (Å²) in [6, 6.07) is 14.0. The van der Waals surface area contributed by atoms with Crippen LogP contribution in [0.15, 0.2) is 48.8 Å². The van der Waals surface area contributed by atoms with E-state index in [9.17, 15) is 4.79 Å². The van der Waals surface area contributed by atoms with Gasteiger partial charge in [-0.25, -0.2) is 4.98 Å². The molecule has 7 heteroatoms. The van der Waals surface area contributed by atoms with Gasteiger partial charge in [-0.1, -0.05) is 0 Å². The van der Waals surface area contributed by atoms with Crippen LogP contribution >= 0.6 is 0 Å². The number of aliphatic hydroxyl groups is 1. The van der Waals surface area contributed by atoms with E-state index in [-0.39, 0.29) is 19.1 Å². The molecule has 2 aromatic carbocycles. The predicted molar refractivity (Wildman–Crippen MR) is 108 cm³/mol. The summed E-state index contributed by atoms with van der Waals surface area (Å²) in [5, 5.41) is 8.85. The second-order valence-corrected chi connectivity index (χ2v) is 6.85. The topological polar surface area (TPSA) is 70.8 Å². The highest BCUT2D eigenvalue weighted by Gasteiger charge is 2.19. The van der Waals surface area contributed by atoms with Crippen LogP contribution in [0.3, 0.4) is 0 Å². The lowest BCUT2D eigenvalue weighted by molar-refractivity contribution is -0.129. The first-order valence-electron chi connectivity index (χ1n) is 9.47. The largest absolute Gasteiger partial charge is 0.491 e. The van der Waals surface area contributed by atoms with Crippen molar-refractivity contribution in [2.45, 2.75) is 6.92 Å². The number of aromatic nitrogens is 2. The molecule has 0 atom stereocenters. The summed E-state index contributed by atoms with van der Waals surface area (Å²) in [4.78, 5) is 20.3. The quantitative estimate of drug-likeness (QED) is 0.734. The van der Waals surface area contributed by atoms with E-state index < -0.39 is 0 Å². The number of carbonyl (C=O) groups is 1. The number of fused-ring (bicyclic) bond motifs is 1. The molecule has 3 aromatic rings. The smallest absolute Gasteiger partial charge is 0.219 e. The Kier molecular flexibility index (Phi) is 5.16. The molecule has 0 unspecified atom stereocenters. The van der Waals surface area contributed by atoms with Gasteiger partial charge in [0, 0.05) is 44.5 Å². The molecule has 1 fully saturated rings. The van der Waals surface area contributed by atoms with Gasteiger partial charge in [0.2, 0.25) is 5.91 Å². The van der Waals surface area contributed by atoms with Gasteiger partial charge < -0.3 is 19.6 Å². The van der Waals surface area contributed by atoms with Crippen molar-refractivity contribution in [1.29, 1.82) is 0 Å². The van der Waals surface area contributed by atoms with Crippen LogP contribution in [-0.4, -0.2) is 64.9 Å². The molecule has 1 N–H and O–H groups in total. The number of piperazine rings is 1. The lowest BCUT2D eigenvalue weighted by Crippen LogP contribution is -2.48. The van der Waals surface area contributed by atoms with E-state index in [1.54, 1.807) is 6.92 Å². The Balaban J connectivity index is 1.53. The molecule has 0 spiro atoms. The maximum absolute atomic E-state index is 11.5. The van der Waals surface area contributed by atoms with Crippen LogP contribution in [0.2, 0.25) is 0 Å². The molecule has 1 saturated heterocycles. The fourth-order valence-corrected chi connectivity index (χ4v) is 3.55. The fourth-order valence-electron chi connectivity index (χ4n) is 3.55. The van der Waals surface area contributed by atoms with Crippen molar-refractivity contribution in [3.8, 4) is 11.4 Å². The van der Waals surface area contributed by atoms with E-state index in [4.69, 9.17) is 9.84 Å². The van der Waals surface area contributed by atoms with Crippen molar-refractivity contribution in [3.05, 3.63) is 48.8 Å². The van der Waals surface area contributed by atoms with Crippen LogP contribution in [0.4, 0.5) is 5.69 Å². The molecular weight excluding hydrogens is 356 g/mol. The summed E-state index contributed by atoms with van der Waals surface area (Å²) in [7, 11) is 0. The Morgan fingerprint density at radius 2 is 1.79 bits per heavy atom. The molecule has 28 heavy (non-hydrogen) atoms. The highest BCUT2D eigenvalue weighted by Crippen LogP contribution is 2.25. The minimum atomic E-state index is 0.0000436. The first kappa shape index (κ1) is 18.3. The molecule has 0 radical (unpaired) electrons. The zero-order chi connectivity index (χ0) is 19.5. The van der Waals surface area contributed by atoms with Crippen molar-refractivity contribution in [1.82, 2.24) is 14.5 Å². The third kappa shape index (κ3) is 3.66. The molecule has 1 aliphatic heterocycles. The van der Waals surface area contributed by atoms with Gasteiger partial charge in [-0.3, -0.25) is 9.36 Å².